The highest BCUT2D eigenvalue weighted by Crippen LogP contribution is 2.25. The number of benzene rings is 1. The first-order chi connectivity index (χ1) is 8.58. The van der Waals surface area contributed by atoms with Crippen molar-refractivity contribution in [3.05, 3.63) is 33.8 Å². The SMILES string of the molecule is CCCNC(=NC)NC(C)c1ccc(Cl)cc1Cl. The van der Waals surface area contributed by atoms with Crippen molar-refractivity contribution < 1.29 is 0 Å². The Hall–Kier alpha value is -0.930. The van der Waals surface area contributed by atoms with Crippen LogP contribution in [0.1, 0.15) is 31.9 Å². The molecule has 1 rings (SSSR count). The lowest BCUT2D eigenvalue weighted by Gasteiger charge is -2.19. The summed E-state index contributed by atoms with van der Waals surface area (Å²) in [5, 5.41) is 7.81. The predicted octanol–water partition coefficient (Wildman–Crippen LogP) is 3.63. The molecule has 0 aliphatic rings. The average molecular weight is 288 g/mol. The molecule has 0 spiro atoms. The van der Waals surface area contributed by atoms with Gasteiger partial charge in [0.1, 0.15) is 0 Å². The third-order valence-electron chi connectivity index (χ3n) is 2.55. The van der Waals surface area contributed by atoms with Crippen LogP contribution in [-0.4, -0.2) is 19.6 Å². The molecule has 0 saturated heterocycles. The van der Waals surface area contributed by atoms with Gasteiger partial charge in [-0.15, -0.1) is 0 Å². The Morgan fingerprint density at radius 1 is 1.39 bits per heavy atom. The van der Waals surface area contributed by atoms with Gasteiger partial charge < -0.3 is 10.6 Å². The highest BCUT2D eigenvalue weighted by molar-refractivity contribution is 6.35. The van der Waals surface area contributed by atoms with Crippen LogP contribution in [0, 0.1) is 0 Å². The monoisotopic (exact) mass is 287 g/mol. The molecule has 0 heterocycles. The normalized spacial score (nSPS) is 13.3. The minimum Gasteiger partial charge on any atom is -0.356 e. The van der Waals surface area contributed by atoms with E-state index < -0.39 is 0 Å². The zero-order valence-electron chi connectivity index (χ0n) is 10.9. The first kappa shape index (κ1) is 15.1. The second kappa shape index (κ2) is 7.49. The summed E-state index contributed by atoms with van der Waals surface area (Å²) in [6, 6.07) is 5.58. The van der Waals surface area contributed by atoms with Crippen molar-refractivity contribution in [3.63, 3.8) is 0 Å². The summed E-state index contributed by atoms with van der Waals surface area (Å²) in [6.07, 6.45) is 1.05. The van der Waals surface area contributed by atoms with Gasteiger partial charge in [0.05, 0.1) is 6.04 Å². The molecule has 1 unspecified atom stereocenters. The zero-order chi connectivity index (χ0) is 13.5. The summed E-state index contributed by atoms with van der Waals surface area (Å²) >= 11 is 12.1. The second-order valence-corrected chi connectivity index (χ2v) is 4.87. The Bertz CT molecular complexity index is 419. The van der Waals surface area contributed by atoms with Crippen LogP contribution in [0.25, 0.3) is 0 Å². The molecule has 0 aromatic heterocycles. The fourth-order valence-electron chi connectivity index (χ4n) is 1.57. The number of halogens is 2. The predicted molar refractivity (Wildman–Crippen MR) is 79.7 cm³/mol. The van der Waals surface area contributed by atoms with E-state index in [1.165, 1.54) is 0 Å². The van der Waals surface area contributed by atoms with Crippen LogP contribution in [0.15, 0.2) is 23.2 Å². The maximum Gasteiger partial charge on any atom is 0.191 e. The van der Waals surface area contributed by atoms with Gasteiger partial charge in [-0.2, -0.15) is 0 Å². The molecule has 0 radical (unpaired) electrons. The molecule has 0 saturated carbocycles. The standard InChI is InChI=1S/C13H19Cl2N3/c1-4-7-17-13(16-3)18-9(2)11-6-5-10(14)8-12(11)15/h5-6,8-9H,4,7H2,1-3H3,(H2,16,17,18). The van der Waals surface area contributed by atoms with Gasteiger partial charge in [-0.25, -0.2) is 0 Å². The molecule has 3 nitrogen and oxygen atoms in total. The Kier molecular flexibility index (Phi) is 6.30. The Morgan fingerprint density at radius 2 is 2.11 bits per heavy atom. The van der Waals surface area contributed by atoms with E-state index in [0.717, 1.165) is 24.5 Å². The van der Waals surface area contributed by atoms with Crippen molar-refractivity contribution in [2.24, 2.45) is 4.99 Å². The lowest BCUT2D eigenvalue weighted by Crippen LogP contribution is -2.39. The van der Waals surface area contributed by atoms with Crippen LogP contribution in [0.5, 0.6) is 0 Å². The van der Waals surface area contributed by atoms with E-state index in [1.54, 1.807) is 13.1 Å². The smallest absolute Gasteiger partial charge is 0.191 e. The highest BCUT2D eigenvalue weighted by Gasteiger charge is 2.11. The van der Waals surface area contributed by atoms with Gasteiger partial charge in [-0.1, -0.05) is 36.2 Å². The zero-order valence-corrected chi connectivity index (χ0v) is 12.4. The first-order valence-corrected chi connectivity index (χ1v) is 6.76. The quantitative estimate of drug-likeness (QED) is 0.655. The highest BCUT2D eigenvalue weighted by atomic mass is 35.5. The van der Waals surface area contributed by atoms with Gasteiger partial charge in [-0.05, 0) is 31.0 Å². The number of aliphatic imine (C=N–C) groups is 1. The molecule has 0 aliphatic carbocycles. The summed E-state index contributed by atoms with van der Waals surface area (Å²) in [5.41, 5.74) is 1.00. The Labute approximate surface area is 119 Å². The van der Waals surface area contributed by atoms with Gasteiger partial charge in [0, 0.05) is 23.6 Å². The fourth-order valence-corrected chi connectivity index (χ4v) is 2.15. The molecule has 2 N–H and O–H groups in total. The van der Waals surface area contributed by atoms with Crippen LogP contribution in [-0.2, 0) is 0 Å². The summed E-state index contributed by atoms with van der Waals surface area (Å²) in [5.74, 6) is 0.773. The number of hydrogen-bond donors (Lipinski definition) is 2. The lowest BCUT2D eigenvalue weighted by atomic mass is 10.1. The fraction of sp³-hybridized carbons (Fsp3) is 0.462. The van der Waals surface area contributed by atoms with E-state index in [9.17, 15) is 0 Å². The molecule has 18 heavy (non-hydrogen) atoms. The Morgan fingerprint density at radius 3 is 2.67 bits per heavy atom. The van der Waals surface area contributed by atoms with Crippen LogP contribution >= 0.6 is 23.2 Å². The van der Waals surface area contributed by atoms with Crippen molar-refractivity contribution in [2.45, 2.75) is 26.3 Å². The molecule has 0 amide bonds. The molecule has 5 heteroatoms. The summed E-state index contributed by atoms with van der Waals surface area (Å²) in [7, 11) is 1.75. The third kappa shape index (κ3) is 4.39. The van der Waals surface area contributed by atoms with Crippen molar-refractivity contribution in [1.29, 1.82) is 0 Å². The third-order valence-corrected chi connectivity index (χ3v) is 3.11. The van der Waals surface area contributed by atoms with Gasteiger partial charge in [-0.3, -0.25) is 4.99 Å². The minimum absolute atomic E-state index is 0.0674. The van der Waals surface area contributed by atoms with Crippen molar-refractivity contribution >= 4 is 29.2 Å². The minimum atomic E-state index is 0.0674. The number of hydrogen-bond acceptors (Lipinski definition) is 1. The number of rotatable bonds is 4. The molecular formula is C13H19Cl2N3. The second-order valence-electron chi connectivity index (χ2n) is 4.03. The van der Waals surface area contributed by atoms with Crippen molar-refractivity contribution in [2.75, 3.05) is 13.6 Å². The molecule has 1 atom stereocenters. The van der Waals surface area contributed by atoms with Crippen LogP contribution in [0.2, 0.25) is 10.0 Å². The average Bonchev–Trinajstić information content (AvgIpc) is 2.34. The van der Waals surface area contributed by atoms with Gasteiger partial charge in [0.2, 0.25) is 0 Å². The molecule has 100 valence electrons. The van der Waals surface area contributed by atoms with E-state index >= 15 is 0 Å². The summed E-state index contributed by atoms with van der Waals surface area (Å²) in [6.45, 7) is 5.04. The van der Waals surface area contributed by atoms with Gasteiger partial charge in [0.25, 0.3) is 0 Å². The molecule has 0 fully saturated rings. The van der Waals surface area contributed by atoms with Crippen molar-refractivity contribution in [3.8, 4) is 0 Å². The molecule has 0 aliphatic heterocycles. The lowest BCUT2D eigenvalue weighted by molar-refractivity contribution is 0.682. The van der Waals surface area contributed by atoms with Crippen LogP contribution in [0.3, 0.4) is 0 Å². The van der Waals surface area contributed by atoms with Crippen LogP contribution < -0.4 is 10.6 Å². The van der Waals surface area contributed by atoms with Crippen molar-refractivity contribution in [1.82, 2.24) is 10.6 Å². The topological polar surface area (TPSA) is 36.4 Å². The van der Waals surface area contributed by atoms with E-state index in [-0.39, 0.29) is 6.04 Å². The largest absolute Gasteiger partial charge is 0.356 e. The van der Waals surface area contributed by atoms with Gasteiger partial charge >= 0.3 is 0 Å². The van der Waals surface area contributed by atoms with E-state index in [2.05, 4.69) is 22.5 Å². The van der Waals surface area contributed by atoms with E-state index in [1.807, 2.05) is 19.1 Å². The van der Waals surface area contributed by atoms with Gasteiger partial charge in [0.15, 0.2) is 5.96 Å². The summed E-state index contributed by atoms with van der Waals surface area (Å²) in [4.78, 5) is 4.16. The maximum absolute atomic E-state index is 6.17. The number of nitrogens with zero attached hydrogens (tertiary/aromatic N) is 1. The number of guanidine groups is 1. The molecule has 0 bridgehead atoms. The van der Waals surface area contributed by atoms with E-state index in [4.69, 9.17) is 23.2 Å². The summed E-state index contributed by atoms with van der Waals surface area (Å²) < 4.78 is 0. The number of nitrogens with one attached hydrogen (secondary N) is 2. The molecule has 1 aromatic rings. The van der Waals surface area contributed by atoms with E-state index in [0.29, 0.717) is 10.0 Å². The molecular weight excluding hydrogens is 269 g/mol. The maximum atomic E-state index is 6.17. The first-order valence-electron chi connectivity index (χ1n) is 6.00. The molecule has 1 aromatic carbocycles. The Balaban J connectivity index is 2.72. The van der Waals surface area contributed by atoms with Crippen LogP contribution in [0.4, 0.5) is 0 Å².